The number of anilines is 1. The fourth-order valence-electron chi connectivity index (χ4n) is 3.03. The standard InChI is InChI=1S/C20H25N3O2/c1-25-19-9-7-18(8-10-19)22-11-13-23(14-12-22)20(24)16-21-15-17-5-3-2-4-6-17/h2-10,21H,11-16H2,1H3. The number of carbonyl (C=O) groups is 1. The van der Waals surface area contributed by atoms with Crippen LogP contribution in [-0.2, 0) is 11.3 Å². The van der Waals surface area contributed by atoms with Gasteiger partial charge in [-0.25, -0.2) is 0 Å². The van der Waals surface area contributed by atoms with Gasteiger partial charge in [0.25, 0.3) is 0 Å². The number of benzene rings is 2. The van der Waals surface area contributed by atoms with E-state index in [0.29, 0.717) is 6.54 Å². The molecule has 1 aliphatic heterocycles. The summed E-state index contributed by atoms with van der Waals surface area (Å²) in [7, 11) is 1.67. The van der Waals surface area contributed by atoms with Crippen molar-refractivity contribution >= 4 is 11.6 Å². The van der Waals surface area contributed by atoms with E-state index in [4.69, 9.17) is 4.74 Å². The number of nitrogens with one attached hydrogen (secondary N) is 1. The van der Waals surface area contributed by atoms with Gasteiger partial charge in [0.2, 0.25) is 5.91 Å². The number of ether oxygens (including phenoxy) is 1. The molecule has 132 valence electrons. The van der Waals surface area contributed by atoms with Crippen LogP contribution in [0.4, 0.5) is 5.69 Å². The molecule has 1 heterocycles. The minimum Gasteiger partial charge on any atom is -0.497 e. The van der Waals surface area contributed by atoms with Gasteiger partial charge in [0.1, 0.15) is 5.75 Å². The molecule has 0 aromatic heterocycles. The van der Waals surface area contributed by atoms with E-state index in [-0.39, 0.29) is 5.91 Å². The van der Waals surface area contributed by atoms with E-state index in [1.807, 2.05) is 35.2 Å². The summed E-state index contributed by atoms with van der Waals surface area (Å²) in [4.78, 5) is 16.6. The maximum absolute atomic E-state index is 12.3. The van der Waals surface area contributed by atoms with E-state index >= 15 is 0 Å². The minimum atomic E-state index is 0.172. The zero-order valence-corrected chi connectivity index (χ0v) is 14.6. The molecule has 2 aromatic carbocycles. The van der Waals surface area contributed by atoms with Crippen LogP contribution in [0.1, 0.15) is 5.56 Å². The van der Waals surface area contributed by atoms with Crippen LogP contribution >= 0.6 is 0 Å². The quantitative estimate of drug-likeness (QED) is 0.876. The number of piperazine rings is 1. The number of nitrogens with zero attached hydrogens (tertiary/aromatic N) is 2. The number of amides is 1. The van der Waals surface area contributed by atoms with Gasteiger partial charge < -0.3 is 19.9 Å². The van der Waals surface area contributed by atoms with Crippen molar-refractivity contribution < 1.29 is 9.53 Å². The first-order valence-corrected chi connectivity index (χ1v) is 8.67. The fourth-order valence-corrected chi connectivity index (χ4v) is 3.03. The van der Waals surface area contributed by atoms with E-state index in [0.717, 1.165) is 38.5 Å². The Hall–Kier alpha value is -2.53. The van der Waals surface area contributed by atoms with Crippen LogP contribution < -0.4 is 15.0 Å². The smallest absolute Gasteiger partial charge is 0.236 e. The highest BCUT2D eigenvalue weighted by Gasteiger charge is 2.20. The number of methoxy groups -OCH3 is 1. The maximum Gasteiger partial charge on any atom is 0.236 e. The van der Waals surface area contributed by atoms with Crippen molar-refractivity contribution in [3.63, 3.8) is 0 Å². The summed E-state index contributed by atoms with van der Waals surface area (Å²) < 4.78 is 5.20. The minimum absolute atomic E-state index is 0.172. The molecule has 5 heteroatoms. The Morgan fingerprint density at radius 1 is 1.00 bits per heavy atom. The van der Waals surface area contributed by atoms with Crippen LogP contribution in [0.25, 0.3) is 0 Å². The summed E-state index contributed by atoms with van der Waals surface area (Å²) in [6.07, 6.45) is 0. The predicted octanol–water partition coefficient (Wildman–Crippen LogP) is 2.13. The predicted molar refractivity (Wildman–Crippen MR) is 99.9 cm³/mol. The number of hydrogen-bond donors (Lipinski definition) is 1. The molecule has 0 radical (unpaired) electrons. The Labute approximate surface area is 149 Å². The largest absolute Gasteiger partial charge is 0.497 e. The molecular weight excluding hydrogens is 314 g/mol. The highest BCUT2D eigenvalue weighted by molar-refractivity contribution is 5.78. The average Bonchev–Trinajstić information content (AvgIpc) is 2.69. The van der Waals surface area contributed by atoms with Crippen molar-refractivity contribution in [1.29, 1.82) is 0 Å². The molecule has 0 saturated carbocycles. The highest BCUT2D eigenvalue weighted by atomic mass is 16.5. The first kappa shape index (κ1) is 17.3. The normalized spacial score (nSPS) is 14.4. The van der Waals surface area contributed by atoms with E-state index in [2.05, 4.69) is 34.5 Å². The summed E-state index contributed by atoms with van der Waals surface area (Å²) in [5, 5.41) is 3.24. The van der Waals surface area contributed by atoms with E-state index in [1.54, 1.807) is 7.11 Å². The van der Waals surface area contributed by atoms with Gasteiger partial charge in [0.05, 0.1) is 13.7 Å². The lowest BCUT2D eigenvalue weighted by Crippen LogP contribution is -2.50. The maximum atomic E-state index is 12.3. The number of rotatable bonds is 6. The second-order valence-electron chi connectivity index (χ2n) is 6.16. The lowest BCUT2D eigenvalue weighted by atomic mass is 10.2. The molecule has 0 unspecified atom stereocenters. The Morgan fingerprint density at radius 3 is 2.32 bits per heavy atom. The van der Waals surface area contributed by atoms with Gasteiger partial charge in [-0.1, -0.05) is 30.3 Å². The second kappa shape index (κ2) is 8.53. The van der Waals surface area contributed by atoms with E-state index in [9.17, 15) is 4.79 Å². The van der Waals surface area contributed by atoms with Crippen molar-refractivity contribution in [2.75, 3.05) is 44.7 Å². The Balaban J connectivity index is 1.42. The molecular formula is C20H25N3O2. The van der Waals surface area contributed by atoms with Gasteiger partial charge in [0, 0.05) is 38.4 Å². The van der Waals surface area contributed by atoms with Crippen LogP contribution in [0, 0.1) is 0 Å². The van der Waals surface area contributed by atoms with Gasteiger partial charge in [-0.3, -0.25) is 4.79 Å². The zero-order valence-electron chi connectivity index (χ0n) is 14.6. The summed E-state index contributed by atoms with van der Waals surface area (Å²) in [5.41, 5.74) is 2.37. The molecule has 1 aliphatic rings. The first-order valence-electron chi connectivity index (χ1n) is 8.67. The molecule has 0 aliphatic carbocycles. The van der Waals surface area contributed by atoms with Crippen molar-refractivity contribution in [2.45, 2.75) is 6.54 Å². The van der Waals surface area contributed by atoms with E-state index in [1.165, 1.54) is 11.3 Å². The van der Waals surface area contributed by atoms with E-state index < -0.39 is 0 Å². The topological polar surface area (TPSA) is 44.8 Å². The Morgan fingerprint density at radius 2 is 1.68 bits per heavy atom. The Bertz CT molecular complexity index is 665. The third-order valence-corrected chi connectivity index (χ3v) is 4.52. The second-order valence-corrected chi connectivity index (χ2v) is 6.16. The van der Waals surface area contributed by atoms with Crippen molar-refractivity contribution in [2.24, 2.45) is 0 Å². The van der Waals surface area contributed by atoms with Crippen LogP contribution in [0.5, 0.6) is 5.75 Å². The average molecular weight is 339 g/mol. The molecule has 1 fully saturated rings. The molecule has 1 amide bonds. The summed E-state index contributed by atoms with van der Waals surface area (Å²) in [6.45, 7) is 4.35. The zero-order chi connectivity index (χ0) is 17.5. The van der Waals surface area contributed by atoms with Crippen molar-refractivity contribution in [3.05, 3.63) is 60.2 Å². The fraction of sp³-hybridized carbons (Fsp3) is 0.350. The summed E-state index contributed by atoms with van der Waals surface area (Å²) in [6, 6.07) is 18.2. The van der Waals surface area contributed by atoms with Gasteiger partial charge in [-0.05, 0) is 29.8 Å². The molecule has 0 atom stereocenters. The molecule has 1 N–H and O–H groups in total. The summed E-state index contributed by atoms with van der Waals surface area (Å²) in [5.74, 6) is 1.03. The number of hydrogen-bond acceptors (Lipinski definition) is 4. The lowest BCUT2D eigenvalue weighted by molar-refractivity contribution is -0.130. The van der Waals surface area contributed by atoms with Gasteiger partial charge in [0.15, 0.2) is 0 Å². The molecule has 3 rings (SSSR count). The van der Waals surface area contributed by atoms with Crippen LogP contribution in [-0.4, -0.2) is 50.6 Å². The summed E-state index contributed by atoms with van der Waals surface area (Å²) >= 11 is 0. The SMILES string of the molecule is COc1ccc(N2CCN(C(=O)CNCc3ccccc3)CC2)cc1. The monoisotopic (exact) mass is 339 g/mol. The molecule has 5 nitrogen and oxygen atoms in total. The Kier molecular flexibility index (Phi) is 5.90. The van der Waals surface area contributed by atoms with Crippen LogP contribution in [0.3, 0.4) is 0 Å². The molecule has 1 saturated heterocycles. The first-order chi connectivity index (χ1) is 12.3. The highest BCUT2D eigenvalue weighted by Crippen LogP contribution is 2.20. The molecule has 2 aromatic rings. The molecule has 0 spiro atoms. The van der Waals surface area contributed by atoms with Gasteiger partial charge in [-0.15, -0.1) is 0 Å². The third-order valence-electron chi connectivity index (χ3n) is 4.52. The molecule has 25 heavy (non-hydrogen) atoms. The van der Waals surface area contributed by atoms with Crippen molar-refractivity contribution in [1.82, 2.24) is 10.2 Å². The molecule has 0 bridgehead atoms. The van der Waals surface area contributed by atoms with Crippen LogP contribution in [0.2, 0.25) is 0 Å². The number of carbonyl (C=O) groups excluding carboxylic acids is 1. The lowest BCUT2D eigenvalue weighted by Gasteiger charge is -2.36. The van der Waals surface area contributed by atoms with Gasteiger partial charge >= 0.3 is 0 Å². The van der Waals surface area contributed by atoms with Gasteiger partial charge in [-0.2, -0.15) is 0 Å². The van der Waals surface area contributed by atoms with Crippen LogP contribution in [0.15, 0.2) is 54.6 Å². The van der Waals surface area contributed by atoms with Crippen molar-refractivity contribution in [3.8, 4) is 5.75 Å². The third kappa shape index (κ3) is 4.73.